The van der Waals surface area contributed by atoms with Gasteiger partial charge in [0.2, 0.25) is 0 Å². The summed E-state index contributed by atoms with van der Waals surface area (Å²) in [7, 11) is 1.59. The van der Waals surface area contributed by atoms with Gasteiger partial charge in [-0.3, -0.25) is 4.79 Å². The zero-order valence-corrected chi connectivity index (χ0v) is 16.1. The second kappa shape index (κ2) is 6.42. The Balaban J connectivity index is 1.55. The molecule has 1 N–H and O–H groups in total. The molecule has 5 atom stereocenters. The van der Waals surface area contributed by atoms with Gasteiger partial charge >= 0.3 is 0 Å². The molecule has 3 heterocycles. The number of carbonyl (C=O) groups is 1. The molecule has 0 radical (unpaired) electrons. The molecule has 4 rings (SSSR count). The topological polar surface area (TPSA) is 84.5 Å². The number of anilines is 1. The molecule has 8 heteroatoms. The molecule has 0 spiro atoms. The van der Waals surface area contributed by atoms with E-state index in [0.29, 0.717) is 11.4 Å². The van der Waals surface area contributed by atoms with E-state index in [4.69, 9.17) is 28.4 Å². The van der Waals surface area contributed by atoms with Gasteiger partial charge in [-0.15, -0.1) is 0 Å². The van der Waals surface area contributed by atoms with Crippen molar-refractivity contribution < 1.29 is 33.2 Å². The van der Waals surface area contributed by atoms with E-state index in [9.17, 15) is 4.79 Å². The molecule has 0 unspecified atom stereocenters. The first-order chi connectivity index (χ1) is 12.7. The van der Waals surface area contributed by atoms with E-state index in [1.807, 2.05) is 0 Å². The summed E-state index contributed by atoms with van der Waals surface area (Å²) in [6.45, 7) is 7.22. The molecule has 3 aliphatic heterocycles. The van der Waals surface area contributed by atoms with Crippen molar-refractivity contribution in [3.63, 3.8) is 0 Å². The minimum absolute atomic E-state index is 0.330. The zero-order valence-electron chi connectivity index (χ0n) is 16.1. The van der Waals surface area contributed by atoms with Crippen molar-refractivity contribution in [1.82, 2.24) is 0 Å². The van der Waals surface area contributed by atoms with Crippen LogP contribution in [0.15, 0.2) is 24.3 Å². The molecule has 1 aromatic carbocycles. The highest BCUT2D eigenvalue weighted by Crippen LogP contribution is 2.44. The van der Waals surface area contributed by atoms with E-state index >= 15 is 0 Å². The van der Waals surface area contributed by atoms with E-state index in [0.717, 1.165) is 0 Å². The van der Waals surface area contributed by atoms with E-state index < -0.39 is 42.3 Å². The van der Waals surface area contributed by atoms with Crippen LogP contribution in [0.3, 0.4) is 0 Å². The van der Waals surface area contributed by atoms with Gasteiger partial charge in [-0.1, -0.05) is 0 Å². The summed E-state index contributed by atoms with van der Waals surface area (Å²) in [5.41, 5.74) is 0.630. The first-order valence-electron chi connectivity index (χ1n) is 8.99. The Hall–Kier alpha value is -1.71. The number of fused-ring (bicyclic) bond motifs is 3. The molecule has 3 aliphatic rings. The molecule has 148 valence electrons. The molecule has 3 fully saturated rings. The lowest BCUT2D eigenvalue weighted by molar-refractivity contribution is -0.229. The first kappa shape index (κ1) is 18.6. The van der Waals surface area contributed by atoms with Gasteiger partial charge < -0.3 is 33.7 Å². The second-order valence-corrected chi connectivity index (χ2v) is 7.81. The fourth-order valence-electron chi connectivity index (χ4n) is 3.71. The van der Waals surface area contributed by atoms with Gasteiger partial charge in [0.05, 0.1) is 7.11 Å². The summed E-state index contributed by atoms with van der Waals surface area (Å²) in [4.78, 5) is 12.9. The highest BCUT2D eigenvalue weighted by atomic mass is 16.9. The summed E-state index contributed by atoms with van der Waals surface area (Å²) in [5.74, 6) is -1.29. The Morgan fingerprint density at radius 3 is 2.19 bits per heavy atom. The molecule has 0 saturated carbocycles. The number of amides is 1. The van der Waals surface area contributed by atoms with Crippen LogP contribution in [-0.4, -0.2) is 55.3 Å². The normalized spacial score (nSPS) is 36.0. The van der Waals surface area contributed by atoms with E-state index in [1.54, 1.807) is 59.1 Å². The minimum atomic E-state index is -0.891. The molecule has 1 amide bonds. The largest absolute Gasteiger partial charge is 0.497 e. The van der Waals surface area contributed by atoms with Crippen molar-refractivity contribution in [3.05, 3.63) is 24.3 Å². The lowest BCUT2D eigenvalue weighted by Gasteiger charge is -2.36. The van der Waals surface area contributed by atoms with Crippen LogP contribution in [0.2, 0.25) is 0 Å². The minimum Gasteiger partial charge on any atom is -0.497 e. The molecule has 0 aromatic heterocycles. The third-order valence-corrected chi connectivity index (χ3v) is 4.77. The Labute approximate surface area is 158 Å². The molecule has 1 aromatic rings. The third-order valence-electron chi connectivity index (χ3n) is 4.77. The smallest absolute Gasteiger partial charge is 0.256 e. The average molecular weight is 379 g/mol. The number of carbonyl (C=O) groups excluding carboxylic acids is 1. The summed E-state index contributed by atoms with van der Waals surface area (Å²) in [6.07, 6.45) is -3.12. The van der Waals surface area contributed by atoms with Gasteiger partial charge in [0, 0.05) is 5.69 Å². The van der Waals surface area contributed by atoms with Crippen molar-refractivity contribution in [2.75, 3.05) is 12.4 Å². The molecular weight excluding hydrogens is 354 g/mol. The maximum Gasteiger partial charge on any atom is 0.256 e. The van der Waals surface area contributed by atoms with Crippen LogP contribution in [0.1, 0.15) is 27.7 Å². The van der Waals surface area contributed by atoms with Gasteiger partial charge in [0.1, 0.15) is 24.1 Å². The molecular formula is C19H25NO7. The number of ether oxygens (including phenoxy) is 6. The van der Waals surface area contributed by atoms with Crippen molar-refractivity contribution in [3.8, 4) is 5.75 Å². The van der Waals surface area contributed by atoms with Crippen LogP contribution in [0.5, 0.6) is 5.75 Å². The van der Waals surface area contributed by atoms with Crippen LogP contribution in [-0.2, 0) is 28.5 Å². The second-order valence-electron chi connectivity index (χ2n) is 7.81. The molecule has 0 bridgehead atoms. The maximum atomic E-state index is 12.9. The fraction of sp³-hybridized carbons (Fsp3) is 0.632. The zero-order chi connectivity index (χ0) is 19.4. The average Bonchev–Trinajstić information content (AvgIpc) is 3.08. The monoisotopic (exact) mass is 379 g/mol. The third kappa shape index (κ3) is 3.55. The molecule has 8 nitrogen and oxygen atoms in total. The van der Waals surface area contributed by atoms with E-state index in [-0.39, 0.29) is 5.91 Å². The van der Waals surface area contributed by atoms with Gasteiger partial charge in [0.25, 0.3) is 5.91 Å². The first-order valence-corrected chi connectivity index (χ1v) is 8.99. The number of nitrogens with one attached hydrogen (secondary N) is 1. The van der Waals surface area contributed by atoms with Gasteiger partial charge in [0.15, 0.2) is 24.0 Å². The highest BCUT2D eigenvalue weighted by molar-refractivity contribution is 5.94. The predicted octanol–water partition coefficient (Wildman–Crippen LogP) is 2.03. The van der Waals surface area contributed by atoms with Crippen LogP contribution in [0.4, 0.5) is 5.69 Å². The maximum absolute atomic E-state index is 12.9. The quantitative estimate of drug-likeness (QED) is 0.860. The van der Waals surface area contributed by atoms with Gasteiger partial charge in [-0.05, 0) is 52.0 Å². The summed E-state index contributed by atoms with van der Waals surface area (Å²) in [6, 6.07) is 7.05. The number of rotatable bonds is 3. The standard InChI is InChI=1S/C19H25NO7/c1-18(2)24-12-13(25-18)15-17(27-19(3,4)26-15)23-14(12)16(21)20-10-6-8-11(22-5)9-7-10/h6-9,12-15,17H,1-5H3,(H,20,21)/t12-,13+,14+,15+,17-/m0/s1. The fourth-order valence-corrected chi connectivity index (χ4v) is 3.71. The molecule has 0 aliphatic carbocycles. The highest BCUT2D eigenvalue weighted by Gasteiger charge is 2.62. The molecule has 3 saturated heterocycles. The Bertz CT molecular complexity index is 717. The van der Waals surface area contributed by atoms with E-state index in [1.165, 1.54) is 0 Å². The van der Waals surface area contributed by atoms with Crippen LogP contribution < -0.4 is 10.1 Å². The summed E-state index contributed by atoms with van der Waals surface area (Å²) < 4.78 is 34.8. The number of hydrogen-bond acceptors (Lipinski definition) is 7. The summed E-state index contributed by atoms with van der Waals surface area (Å²) in [5, 5.41) is 2.85. The Morgan fingerprint density at radius 1 is 0.926 bits per heavy atom. The Morgan fingerprint density at radius 2 is 1.52 bits per heavy atom. The lowest BCUT2D eigenvalue weighted by atomic mass is 9.98. The van der Waals surface area contributed by atoms with Crippen molar-refractivity contribution >= 4 is 11.6 Å². The SMILES string of the molecule is COc1ccc(NC(=O)[C@@H]2O[C@H]3OC(C)(C)O[C@@H]3[C@@H]3OC(C)(C)O[C@@H]32)cc1. The number of hydrogen-bond donors (Lipinski definition) is 1. The van der Waals surface area contributed by atoms with Crippen molar-refractivity contribution in [1.29, 1.82) is 0 Å². The van der Waals surface area contributed by atoms with Crippen LogP contribution in [0.25, 0.3) is 0 Å². The van der Waals surface area contributed by atoms with Gasteiger partial charge in [-0.2, -0.15) is 0 Å². The van der Waals surface area contributed by atoms with Gasteiger partial charge in [-0.25, -0.2) is 0 Å². The molecule has 27 heavy (non-hydrogen) atoms. The van der Waals surface area contributed by atoms with Crippen molar-refractivity contribution in [2.45, 2.75) is 70.0 Å². The summed E-state index contributed by atoms with van der Waals surface area (Å²) >= 11 is 0. The van der Waals surface area contributed by atoms with Crippen LogP contribution >= 0.6 is 0 Å². The van der Waals surface area contributed by atoms with Crippen LogP contribution in [0, 0.1) is 0 Å². The number of benzene rings is 1. The number of methoxy groups -OCH3 is 1. The van der Waals surface area contributed by atoms with Crippen molar-refractivity contribution in [2.24, 2.45) is 0 Å². The lowest BCUT2D eigenvalue weighted by Crippen LogP contribution is -2.58. The predicted molar refractivity (Wildman–Crippen MR) is 94.1 cm³/mol. The van der Waals surface area contributed by atoms with E-state index in [2.05, 4.69) is 5.32 Å². The Kier molecular flexibility index (Phi) is 4.44.